The lowest BCUT2D eigenvalue weighted by molar-refractivity contribution is -0.136. The van der Waals surface area contributed by atoms with Crippen molar-refractivity contribution in [2.24, 2.45) is 0 Å². The van der Waals surface area contributed by atoms with Crippen molar-refractivity contribution in [3.05, 3.63) is 65.9 Å². The summed E-state index contributed by atoms with van der Waals surface area (Å²) in [6, 6.07) is 11.1. The number of anilines is 1. The number of nitrogens with one attached hydrogen (secondary N) is 1. The van der Waals surface area contributed by atoms with E-state index >= 15 is 0 Å². The summed E-state index contributed by atoms with van der Waals surface area (Å²) in [5.41, 5.74) is 1.45. The van der Waals surface area contributed by atoms with Crippen molar-refractivity contribution < 1.29 is 18.3 Å². The Bertz CT molecular complexity index is 1010. The Hall–Kier alpha value is -3.13. The van der Waals surface area contributed by atoms with Crippen molar-refractivity contribution in [2.45, 2.75) is 12.5 Å². The summed E-state index contributed by atoms with van der Waals surface area (Å²) in [5.74, 6) is -1.71. The van der Waals surface area contributed by atoms with Gasteiger partial charge in [0.25, 0.3) is 0 Å². The van der Waals surface area contributed by atoms with Crippen molar-refractivity contribution in [1.29, 1.82) is 0 Å². The van der Waals surface area contributed by atoms with Crippen molar-refractivity contribution in [3.63, 3.8) is 0 Å². The molecule has 1 fully saturated rings. The minimum atomic E-state index is -0.992. The van der Waals surface area contributed by atoms with Crippen LogP contribution in [0.2, 0.25) is 0 Å². The third kappa shape index (κ3) is 4.48. The number of carbonyl (C=O) groups is 1. The first-order valence-corrected chi connectivity index (χ1v) is 9.39. The summed E-state index contributed by atoms with van der Waals surface area (Å²) in [7, 11) is 0. The van der Waals surface area contributed by atoms with Gasteiger partial charge in [-0.1, -0.05) is 30.3 Å². The van der Waals surface area contributed by atoms with Gasteiger partial charge in [-0.05, 0) is 5.56 Å². The van der Waals surface area contributed by atoms with Gasteiger partial charge >= 0.3 is 0 Å². The van der Waals surface area contributed by atoms with Crippen LogP contribution in [-0.2, 0) is 16.0 Å². The van der Waals surface area contributed by atoms with E-state index in [1.54, 1.807) is 4.90 Å². The zero-order valence-corrected chi connectivity index (χ0v) is 15.6. The van der Waals surface area contributed by atoms with Gasteiger partial charge in [0.05, 0.1) is 30.4 Å². The molecule has 0 radical (unpaired) electrons. The summed E-state index contributed by atoms with van der Waals surface area (Å²) in [5, 5.41) is 3.13. The Kier molecular flexibility index (Phi) is 5.62. The second-order valence-corrected chi connectivity index (χ2v) is 6.83. The van der Waals surface area contributed by atoms with E-state index in [4.69, 9.17) is 4.74 Å². The second-order valence-electron chi connectivity index (χ2n) is 6.83. The maximum Gasteiger partial charge on any atom is 0.245 e. The van der Waals surface area contributed by atoms with Crippen molar-refractivity contribution in [2.75, 3.05) is 31.6 Å². The number of ether oxygens (including phenoxy) is 1. The van der Waals surface area contributed by atoms with Crippen LogP contribution >= 0.6 is 0 Å². The maximum atomic E-state index is 13.6. The highest BCUT2D eigenvalue weighted by Crippen LogP contribution is 2.18. The molecule has 0 bridgehead atoms. The van der Waals surface area contributed by atoms with E-state index in [1.165, 1.54) is 6.20 Å². The number of nitrogens with zero attached hydrogens (tertiary/aromatic N) is 3. The van der Waals surface area contributed by atoms with Gasteiger partial charge in [0.15, 0.2) is 11.6 Å². The maximum absolute atomic E-state index is 13.6. The normalized spacial score (nSPS) is 15.3. The molecule has 1 amide bonds. The lowest BCUT2D eigenvalue weighted by Gasteiger charge is -2.31. The monoisotopic (exact) mass is 398 g/mol. The van der Waals surface area contributed by atoms with Gasteiger partial charge in [-0.3, -0.25) is 9.78 Å². The summed E-state index contributed by atoms with van der Waals surface area (Å²) in [4.78, 5) is 23.3. The number of rotatable bonds is 5. The Balaban J connectivity index is 1.60. The number of hydrogen-bond acceptors (Lipinski definition) is 5. The molecule has 1 N–H and O–H groups in total. The molecule has 1 atom stereocenters. The highest BCUT2D eigenvalue weighted by Gasteiger charge is 2.26. The summed E-state index contributed by atoms with van der Waals surface area (Å²) >= 11 is 0. The summed E-state index contributed by atoms with van der Waals surface area (Å²) in [6.07, 6.45) is 1.87. The molecule has 6 nitrogen and oxygen atoms in total. The smallest absolute Gasteiger partial charge is 0.245 e. The molecule has 1 saturated heterocycles. The fraction of sp³-hybridized carbons (Fsp3) is 0.286. The Labute approximate surface area is 166 Å². The molecule has 1 unspecified atom stereocenters. The van der Waals surface area contributed by atoms with E-state index in [1.807, 2.05) is 30.3 Å². The van der Waals surface area contributed by atoms with Crippen LogP contribution in [0.4, 0.5) is 14.6 Å². The molecule has 0 saturated carbocycles. The van der Waals surface area contributed by atoms with Crippen LogP contribution in [0.3, 0.4) is 0 Å². The van der Waals surface area contributed by atoms with E-state index in [2.05, 4.69) is 15.3 Å². The molecule has 4 rings (SSSR count). The zero-order chi connectivity index (χ0) is 20.2. The minimum absolute atomic E-state index is 0.0654. The first-order chi connectivity index (χ1) is 14.1. The van der Waals surface area contributed by atoms with E-state index < -0.39 is 17.7 Å². The highest BCUT2D eigenvalue weighted by molar-refractivity contribution is 5.85. The fourth-order valence-corrected chi connectivity index (χ4v) is 3.31. The lowest BCUT2D eigenvalue weighted by Crippen LogP contribution is -2.48. The topological polar surface area (TPSA) is 67.4 Å². The molecule has 0 spiro atoms. The van der Waals surface area contributed by atoms with Crippen molar-refractivity contribution >= 4 is 22.8 Å². The Morgan fingerprint density at radius 1 is 1.10 bits per heavy atom. The van der Waals surface area contributed by atoms with Gasteiger partial charge in [0, 0.05) is 31.6 Å². The quantitative estimate of drug-likeness (QED) is 0.716. The van der Waals surface area contributed by atoms with Gasteiger partial charge in [-0.15, -0.1) is 0 Å². The molecular formula is C21H20F2N4O2. The average Bonchev–Trinajstić information content (AvgIpc) is 2.75. The second kappa shape index (κ2) is 8.48. The molecule has 3 aromatic rings. The highest BCUT2D eigenvalue weighted by atomic mass is 19.2. The molecule has 2 aromatic carbocycles. The van der Waals surface area contributed by atoms with Crippen molar-refractivity contribution in [3.8, 4) is 0 Å². The summed E-state index contributed by atoms with van der Waals surface area (Å²) in [6.45, 7) is 2.06. The first kappa shape index (κ1) is 19.2. The lowest BCUT2D eigenvalue weighted by atomic mass is 10.0. The van der Waals surface area contributed by atoms with Crippen LogP contribution in [0.15, 0.2) is 48.7 Å². The van der Waals surface area contributed by atoms with E-state index in [0.29, 0.717) is 38.5 Å². The van der Waals surface area contributed by atoms with Gasteiger partial charge < -0.3 is 15.0 Å². The van der Waals surface area contributed by atoms with Crippen LogP contribution in [-0.4, -0.2) is 53.1 Å². The van der Waals surface area contributed by atoms with Crippen LogP contribution in [0.25, 0.3) is 11.0 Å². The van der Waals surface area contributed by atoms with Gasteiger partial charge in [-0.25, -0.2) is 13.8 Å². The number of halogens is 2. The molecule has 2 heterocycles. The Morgan fingerprint density at radius 2 is 1.79 bits per heavy atom. The minimum Gasteiger partial charge on any atom is -0.378 e. The SMILES string of the molecule is O=C(C(Cc1ccccc1)Nc1cnc2cc(F)c(F)cc2n1)N1CCOCC1. The number of aromatic nitrogens is 2. The predicted molar refractivity (Wildman–Crippen MR) is 104 cm³/mol. The standard InChI is InChI=1S/C21H20F2N4O2/c22-15-11-17-18(12-16(15)23)25-20(13-24-17)26-19(10-14-4-2-1-3-5-14)21(28)27-6-8-29-9-7-27/h1-5,11-13,19H,6-10H2,(H,25,26). The number of benzene rings is 2. The Morgan fingerprint density at radius 3 is 2.52 bits per heavy atom. The van der Waals surface area contributed by atoms with E-state index in [0.717, 1.165) is 17.7 Å². The first-order valence-electron chi connectivity index (χ1n) is 9.39. The number of morpholine rings is 1. The number of fused-ring (bicyclic) bond motifs is 1. The van der Waals surface area contributed by atoms with Crippen LogP contribution in [0.5, 0.6) is 0 Å². The summed E-state index contributed by atoms with van der Waals surface area (Å²) < 4.78 is 32.3. The molecule has 150 valence electrons. The molecule has 8 heteroatoms. The molecule has 29 heavy (non-hydrogen) atoms. The molecule has 1 aliphatic rings. The average molecular weight is 398 g/mol. The third-order valence-electron chi connectivity index (χ3n) is 4.81. The molecule has 1 aromatic heterocycles. The number of carbonyl (C=O) groups excluding carboxylic acids is 1. The third-order valence-corrected chi connectivity index (χ3v) is 4.81. The fourth-order valence-electron chi connectivity index (χ4n) is 3.31. The van der Waals surface area contributed by atoms with E-state index in [9.17, 15) is 13.6 Å². The van der Waals surface area contributed by atoms with Crippen molar-refractivity contribution in [1.82, 2.24) is 14.9 Å². The van der Waals surface area contributed by atoms with Gasteiger partial charge in [-0.2, -0.15) is 0 Å². The predicted octanol–water partition coefficient (Wildman–Crippen LogP) is 2.79. The van der Waals surface area contributed by atoms with Gasteiger partial charge in [0.1, 0.15) is 11.9 Å². The van der Waals surface area contributed by atoms with E-state index in [-0.39, 0.29) is 16.9 Å². The van der Waals surface area contributed by atoms with Gasteiger partial charge in [0.2, 0.25) is 5.91 Å². The van der Waals surface area contributed by atoms with Crippen LogP contribution < -0.4 is 5.32 Å². The van der Waals surface area contributed by atoms with Crippen LogP contribution in [0.1, 0.15) is 5.56 Å². The largest absolute Gasteiger partial charge is 0.378 e. The molecule has 0 aliphatic carbocycles. The van der Waals surface area contributed by atoms with Crippen LogP contribution in [0, 0.1) is 11.6 Å². The molecule has 1 aliphatic heterocycles. The number of amides is 1. The molecular weight excluding hydrogens is 378 g/mol. The number of hydrogen-bond donors (Lipinski definition) is 1. The zero-order valence-electron chi connectivity index (χ0n) is 15.6.